The van der Waals surface area contributed by atoms with Gasteiger partial charge in [-0.15, -0.1) is 0 Å². The van der Waals surface area contributed by atoms with Crippen LogP contribution in [-0.2, 0) is 0 Å². The molecule has 27 heavy (non-hydrogen) atoms. The van der Waals surface area contributed by atoms with Crippen LogP contribution in [0.25, 0.3) is 10.9 Å². The van der Waals surface area contributed by atoms with E-state index >= 15 is 0 Å². The lowest BCUT2D eigenvalue weighted by Crippen LogP contribution is -2.14. The van der Waals surface area contributed by atoms with Crippen LogP contribution in [0.1, 0.15) is 22.9 Å². The first-order chi connectivity index (χ1) is 13.1. The van der Waals surface area contributed by atoms with Crippen molar-refractivity contribution >= 4 is 16.7 Å². The van der Waals surface area contributed by atoms with E-state index in [1.807, 2.05) is 61.5 Å². The zero-order valence-electron chi connectivity index (χ0n) is 14.8. The molecule has 0 aliphatic carbocycles. The van der Waals surface area contributed by atoms with Gasteiger partial charge in [-0.25, -0.2) is 9.97 Å². The van der Waals surface area contributed by atoms with Gasteiger partial charge in [0.05, 0.1) is 6.04 Å². The number of aryl methyl sites for hydroxylation is 1. The standard InChI is InChI=1S/C22H19N3O2/c1-14-9-10-15-11-12-17(22(27)20(15)24-14)21(16-6-2-3-7-18(16)26)25-19-8-4-5-13-23-19/h2-13,21,26-27H,1H3,(H,23,25)/t21-/m1/s1. The summed E-state index contributed by atoms with van der Waals surface area (Å²) < 4.78 is 0. The number of phenolic OH excluding ortho intramolecular Hbond substituents is 2. The summed E-state index contributed by atoms with van der Waals surface area (Å²) in [6, 6.07) is 19.7. The first-order valence-electron chi connectivity index (χ1n) is 8.68. The maximum absolute atomic E-state index is 11.0. The second-order valence-corrected chi connectivity index (χ2v) is 6.38. The molecule has 0 amide bonds. The minimum absolute atomic E-state index is 0.0906. The Morgan fingerprint density at radius 1 is 0.852 bits per heavy atom. The SMILES string of the molecule is Cc1ccc2ccc([C@H](Nc3ccccn3)c3ccccc3O)c(O)c2n1. The number of nitrogens with zero attached hydrogens (tertiary/aromatic N) is 2. The molecule has 134 valence electrons. The van der Waals surface area contributed by atoms with Crippen molar-refractivity contribution in [2.24, 2.45) is 0 Å². The van der Waals surface area contributed by atoms with Crippen LogP contribution in [0.3, 0.4) is 0 Å². The van der Waals surface area contributed by atoms with Crippen LogP contribution in [-0.4, -0.2) is 20.2 Å². The maximum Gasteiger partial charge on any atom is 0.147 e. The second-order valence-electron chi connectivity index (χ2n) is 6.38. The number of nitrogens with one attached hydrogen (secondary N) is 1. The van der Waals surface area contributed by atoms with Crippen LogP contribution in [0.2, 0.25) is 0 Å². The first-order valence-corrected chi connectivity index (χ1v) is 8.68. The summed E-state index contributed by atoms with van der Waals surface area (Å²) in [5.41, 5.74) is 2.63. The van der Waals surface area contributed by atoms with Gasteiger partial charge in [0.2, 0.25) is 0 Å². The lowest BCUT2D eigenvalue weighted by atomic mass is 9.95. The van der Waals surface area contributed by atoms with Crippen LogP contribution < -0.4 is 5.32 Å². The van der Waals surface area contributed by atoms with E-state index in [0.29, 0.717) is 22.5 Å². The second kappa shape index (κ2) is 6.96. The van der Waals surface area contributed by atoms with Crippen molar-refractivity contribution in [3.63, 3.8) is 0 Å². The molecule has 5 heteroatoms. The van der Waals surface area contributed by atoms with E-state index in [1.54, 1.807) is 18.3 Å². The van der Waals surface area contributed by atoms with E-state index in [-0.39, 0.29) is 11.5 Å². The smallest absolute Gasteiger partial charge is 0.147 e. The lowest BCUT2D eigenvalue weighted by Gasteiger charge is -2.22. The molecule has 1 atom stereocenters. The van der Waals surface area contributed by atoms with Crippen LogP contribution in [0.15, 0.2) is 72.9 Å². The molecular weight excluding hydrogens is 338 g/mol. The predicted octanol–water partition coefficient (Wildman–Crippen LogP) is 4.55. The Morgan fingerprint density at radius 3 is 2.41 bits per heavy atom. The molecule has 2 aromatic heterocycles. The number of pyridine rings is 2. The fourth-order valence-electron chi connectivity index (χ4n) is 3.17. The summed E-state index contributed by atoms with van der Waals surface area (Å²) in [6.07, 6.45) is 1.69. The summed E-state index contributed by atoms with van der Waals surface area (Å²) >= 11 is 0. The van der Waals surface area contributed by atoms with E-state index in [2.05, 4.69) is 15.3 Å². The molecule has 0 radical (unpaired) electrons. The molecule has 0 saturated carbocycles. The molecule has 2 aromatic carbocycles. The zero-order valence-corrected chi connectivity index (χ0v) is 14.8. The maximum atomic E-state index is 11.0. The summed E-state index contributed by atoms with van der Waals surface area (Å²) in [6.45, 7) is 1.89. The number of aromatic nitrogens is 2. The summed E-state index contributed by atoms with van der Waals surface area (Å²) in [7, 11) is 0. The highest BCUT2D eigenvalue weighted by molar-refractivity contribution is 5.86. The molecule has 0 saturated heterocycles. The number of phenols is 2. The predicted molar refractivity (Wildman–Crippen MR) is 106 cm³/mol. The minimum atomic E-state index is -0.493. The Kier molecular flexibility index (Phi) is 4.34. The monoisotopic (exact) mass is 357 g/mol. The Bertz CT molecular complexity index is 1100. The lowest BCUT2D eigenvalue weighted by molar-refractivity contribution is 0.460. The fourth-order valence-corrected chi connectivity index (χ4v) is 3.17. The molecule has 3 N–H and O–H groups in total. The molecule has 0 aliphatic heterocycles. The van der Waals surface area contributed by atoms with Gasteiger partial charge in [-0.3, -0.25) is 0 Å². The molecule has 0 fully saturated rings. The Labute approximate surface area is 157 Å². The van der Waals surface area contributed by atoms with Crippen molar-refractivity contribution in [2.75, 3.05) is 5.32 Å². The van der Waals surface area contributed by atoms with Gasteiger partial charge < -0.3 is 15.5 Å². The van der Waals surface area contributed by atoms with Crippen molar-refractivity contribution in [1.29, 1.82) is 0 Å². The number of anilines is 1. The Balaban J connectivity index is 1.89. The summed E-state index contributed by atoms with van der Waals surface area (Å²) in [5.74, 6) is 0.873. The number of aromatic hydroxyl groups is 2. The van der Waals surface area contributed by atoms with Gasteiger partial charge >= 0.3 is 0 Å². The molecule has 0 bridgehead atoms. The van der Waals surface area contributed by atoms with Crippen LogP contribution in [0.5, 0.6) is 11.5 Å². The van der Waals surface area contributed by atoms with Gasteiger partial charge in [0, 0.05) is 28.4 Å². The molecule has 4 rings (SSSR count). The van der Waals surface area contributed by atoms with Crippen molar-refractivity contribution in [2.45, 2.75) is 13.0 Å². The third kappa shape index (κ3) is 3.27. The number of para-hydroxylation sites is 1. The quantitative estimate of drug-likeness (QED) is 0.499. The van der Waals surface area contributed by atoms with E-state index in [4.69, 9.17) is 0 Å². The average Bonchev–Trinajstić information content (AvgIpc) is 2.69. The number of rotatable bonds is 4. The molecule has 5 nitrogen and oxygen atoms in total. The first kappa shape index (κ1) is 16.8. The molecular formula is C22H19N3O2. The van der Waals surface area contributed by atoms with Gasteiger partial charge in [-0.1, -0.05) is 42.5 Å². The van der Waals surface area contributed by atoms with Gasteiger partial charge in [0.15, 0.2) is 0 Å². The number of benzene rings is 2. The van der Waals surface area contributed by atoms with Gasteiger partial charge in [0.1, 0.15) is 22.8 Å². The zero-order chi connectivity index (χ0) is 18.8. The average molecular weight is 357 g/mol. The number of hydrogen-bond acceptors (Lipinski definition) is 5. The number of hydrogen-bond donors (Lipinski definition) is 3. The van der Waals surface area contributed by atoms with Crippen LogP contribution >= 0.6 is 0 Å². The highest BCUT2D eigenvalue weighted by atomic mass is 16.3. The Hall–Kier alpha value is -3.60. The fraction of sp³-hybridized carbons (Fsp3) is 0.0909. The van der Waals surface area contributed by atoms with Crippen molar-refractivity contribution < 1.29 is 10.2 Å². The third-order valence-electron chi connectivity index (χ3n) is 4.52. The van der Waals surface area contributed by atoms with E-state index in [0.717, 1.165) is 11.1 Å². The minimum Gasteiger partial charge on any atom is -0.508 e. The van der Waals surface area contributed by atoms with Gasteiger partial charge in [0.25, 0.3) is 0 Å². The Morgan fingerprint density at radius 2 is 1.63 bits per heavy atom. The highest BCUT2D eigenvalue weighted by Crippen LogP contribution is 2.38. The molecule has 2 heterocycles. The molecule has 0 spiro atoms. The van der Waals surface area contributed by atoms with Gasteiger partial charge in [-0.05, 0) is 31.2 Å². The van der Waals surface area contributed by atoms with Gasteiger partial charge in [-0.2, -0.15) is 0 Å². The van der Waals surface area contributed by atoms with Crippen molar-refractivity contribution in [1.82, 2.24) is 9.97 Å². The third-order valence-corrected chi connectivity index (χ3v) is 4.52. The molecule has 4 aromatic rings. The normalized spacial score (nSPS) is 12.0. The van der Waals surface area contributed by atoms with E-state index in [1.165, 1.54) is 0 Å². The topological polar surface area (TPSA) is 78.3 Å². The van der Waals surface area contributed by atoms with Crippen molar-refractivity contribution in [3.8, 4) is 11.5 Å². The van der Waals surface area contributed by atoms with E-state index < -0.39 is 6.04 Å². The molecule has 0 aliphatic rings. The van der Waals surface area contributed by atoms with E-state index in [9.17, 15) is 10.2 Å². The number of fused-ring (bicyclic) bond motifs is 1. The largest absolute Gasteiger partial charge is 0.508 e. The highest BCUT2D eigenvalue weighted by Gasteiger charge is 2.22. The van der Waals surface area contributed by atoms with Crippen LogP contribution in [0.4, 0.5) is 5.82 Å². The van der Waals surface area contributed by atoms with Crippen molar-refractivity contribution in [3.05, 3.63) is 89.7 Å². The van der Waals surface area contributed by atoms with Crippen LogP contribution in [0, 0.1) is 6.92 Å². The summed E-state index contributed by atoms with van der Waals surface area (Å²) in [5, 5.41) is 25.6. The molecule has 0 unspecified atom stereocenters. The summed E-state index contributed by atoms with van der Waals surface area (Å²) in [4.78, 5) is 8.80.